The van der Waals surface area contributed by atoms with E-state index in [1.165, 1.54) is 19.1 Å². The summed E-state index contributed by atoms with van der Waals surface area (Å²) in [6, 6.07) is 7.67. The van der Waals surface area contributed by atoms with E-state index < -0.39 is 17.7 Å². The summed E-state index contributed by atoms with van der Waals surface area (Å²) in [6.45, 7) is 6.85. The summed E-state index contributed by atoms with van der Waals surface area (Å²) in [5.41, 5.74) is 2.00. The van der Waals surface area contributed by atoms with Crippen LogP contribution in [0.1, 0.15) is 33.2 Å². The Morgan fingerprint density at radius 3 is 2.53 bits per heavy atom. The summed E-state index contributed by atoms with van der Waals surface area (Å²) in [5, 5.41) is 2.92. The van der Waals surface area contributed by atoms with Crippen molar-refractivity contribution in [2.24, 2.45) is 0 Å². The Hall–Kier alpha value is -2.64. The number of carbonyl (C=O) groups is 2. The Labute approximate surface area is 180 Å². The number of anilines is 2. The molecule has 6 nitrogen and oxygen atoms in total. The summed E-state index contributed by atoms with van der Waals surface area (Å²) < 4.78 is 18.8. The maximum atomic E-state index is 13.7. The molecular weight excluding hydrogens is 409 g/mol. The van der Waals surface area contributed by atoms with Crippen LogP contribution in [-0.4, -0.2) is 56.6 Å². The van der Waals surface area contributed by atoms with Crippen molar-refractivity contribution in [3.05, 3.63) is 57.9 Å². The molecule has 2 aromatic carbocycles. The normalized spacial score (nSPS) is 14.5. The Kier molecular flexibility index (Phi) is 6.95. The lowest BCUT2D eigenvalue weighted by atomic mass is 10.1. The van der Waals surface area contributed by atoms with Crippen molar-refractivity contribution in [2.45, 2.75) is 13.8 Å². The molecule has 0 bridgehead atoms. The lowest BCUT2D eigenvalue weighted by Crippen LogP contribution is -2.44. The summed E-state index contributed by atoms with van der Waals surface area (Å²) in [5.74, 6) is -1.41. The average molecular weight is 434 g/mol. The van der Waals surface area contributed by atoms with E-state index in [1.807, 2.05) is 6.07 Å². The van der Waals surface area contributed by atoms with Gasteiger partial charge in [-0.2, -0.15) is 0 Å². The number of hydrogen-bond donors (Lipinski definition) is 1. The molecule has 1 fully saturated rings. The maximum Gasteiger partial charge on any atom is 0.338 e. The fourth-order valence-corrected chi connectivity index (χ4v) is 3.57. The van der Waals surface area contributed by atoms with E-state index in [0.717, 1.165) is 31.9 Å². The number of rotatable bonds is 5. The van der Waals surface area contributed by atoms with Gasteiger partial charge in [0.2, 0.25) is 0 Å². The number of halogens is 2. The Bertz CT molecular complexity index is 959. The van der Waals surface area contributed by atoms with E-state index in [2.05, 4.69) is 22.2 Å². The van der Waals surface area contributed by atoms with Crippen LogP contribution in [0.25, 0.3) is 0 Å². The van der Waals surface area contributed by atoms with Crippen molar-refractivity contribution < 1.29 is 18.7 Å². The standard InChI is InChI=1S/C22H25ClFN3O3/c1-4-30-22(29)15-5-8-19(27-11-9-26(3)10-12-27)18(13-15)25-21(28)16-6-7-17(24)14(2)20(16)23/h5-8,13H,4,9-12H2,1-3H3,(H,25,28). The number of benzene rings is 2. The van der Waals surface area contributed by atoms with Gasteiger partial charge in [0.15, 0.2) is 0 Å². The first-order valence-electron chi connectivity index (χ1n) is 9.82. The first-order valence-corrected chi connectivity index (χ1v) is 10.2. The molecule has 0 saturated carbocycles. The monoisotopic (exact) mass is 433 g/mol. The molecule has 0 aliphatic carbocycles. The van der Waals surface area contributed by atoms with E-state index in [0.29, 0.717) is 11.3 Å². The zero-order valence-electron chi connectivity index (χ0n) is 17.3. The molecular formula is C22H25ClFN3O3. The third-order valence-corrected chi connectivity index (χ3v) is 5.65. The molecule has 1 N–H and O–H groups in total. The van der Waals surface area contributed by atoms with E-state index in [4.69, 9.17) is 16.3 Å². The van der Waals surface area contributed by atoms with Crippen LogP contribution in [0.4, 0.5) is 15.8 Å². The number of piperazine rings is 1. The second-order valence-corrected chi connectivity index (χ2v) is 7.61. The highest BCUT2D eigenvalue weighted by atomic mass is 35.5. The minimum atomic E-state index is -0.473. The zero-order valence-corrected chi connectivity index (χ0v) is 18.1. The molecule has 1 saturated heterocycles. The molecule has 0 spiro atoms. The number of ether oxygens (including phenoxy) is 1. The molecule has 1 aliphatic rings. The van der Waals surface area contributed by atoms with Crippen LogP contribution in [0.3, 0.4) is 0 Å². The van der Waals surface area contributed by atoms with Crippen molar-refractivity contribution in [1.29, 1.82) is 0 Å². The van der Waals surface area contributed by atoms with Gasteiger partial charge in [-0.25, -0.2) is 9.18 Å². The van der Waals surface area contributed by atoms with E-state index in [-0.39, 0.29) is 22.8 Å². The number of carbonyl (C=O) groups excluding carboxylic acids is 2. The highest BCUT2D eigenvalue weighted by molar-refractivity contribution is 6.35. The molecule has 0 aromatic heterocycles. The second kappa shape index (κ2) is 9.45. The van der Waals surface area contributed by atoms with Crippen molar-refractivity contribution >= 4 is 34.9 Å². The van der Waals surface area contributed by atoms with Crippen molar-refractivity contribution in [3.8, 4) is 0 Å². The third kappa shape index (κ3) is 4.74. The van der Waals surface area contributed by atoms with Crippen LogP contribution < -0.4 is 10.2 Å². The molecule has 160 valence electrons. The number of nitrogens with one attached hydrogen (secondary N) is 1. The number of esters is 1. The molecule has 2 aromatic rings. The summed E-state index contributed by atoms with van der Waals surface area (Å²) in [6.07, 6.45) is 0. The van der Waals surface area contributed by atoms with Gasteiger partial charge in [0.25, 0.3) is 5.91 Å². The van der Waals surface area contributed by atoms with Crippen LogP contribution in [0.5, 0.6) is 0 Å². The van der Waals surface area contributed by atoms with Gasteiger partial charge in [-0.3, -0.25) is 4.79 Å². The van der Waals surface area contributed by atoms with Gasteiger partial charge in [0.05, 0.1) is 34.1 Å². The molecule has 0 radical (unpaired) electrons. The van der Waals surface area contributed by atoms with Crippen LogP contribution in [0.15, 0.2) is 30.3 Å². The molecule has 3 rings (SSSR count). The fraction of sp³-hybridized carbons (Fsp3) is 0.364. The van der Waals surface area contributed by atoms with Crippen molar-refractivity contribution in [1.82, 2.24) is 4.90 Å². The van der Waals surface area contributed by atoms with Gasteiger partial charge in [-0.05, 0) is 51.2 Å². The molecule has 0 atom stereocenters. The molecule has 30 heavy (non-hydrogen) atoms. The Balaban J connectivity index is 1.95. The topological polar surface area (TPSA) is 61.9 Å². The SMILES string of the molecule is CCOC(=O)c1ccc(N2CCN(C)CC2)c(NC(=O)c2ccc(F)c(C)c2Cl)c1. The van der Waals surface area contributed by atoms with Gasteiger partial charge in [-0.15, -0.1) is 0 Å². The maximum absolute atomic E-state index is 13.7. The summed E-state index contributed by atoms with van der Waals surface area (Å²) in [7, 11) is 2.06. The molecule has 1 amide bonds. The van der Waals surface area contributed by atoms with Crippen LogP contribution >= 0.6 is 11.6 Å². The van der Waals surface area contributed by atoms with Crippen molar-refractivity contribution in [3.63, 3.8) is 0 Å². The Morgan fingerprint density at radius 2 is 1.87 bits per heavy atom. The lowest BCUT2D eigenvalue weighted by molar-refractivity contribution is 0.0526. The van der Waals surface area contributed by atoms with Gasteiger partial charge in [0, 0.05) is 31.7 Å². The van der Waals surface area contributed by atoms with Crippen LogP contribution in [0.2, 0.25) is 5.02 Å². The quantitative estimate of drug-likeness (QED) is 0.723. The minimum Gasteiger partial charge on any atom is -0.462 e. The first-order chi connectivity index (χ1) is 14.3. The van der Waals surface area contributed by atoms with Gasteiger partial charge >= 0.3 is 5.97 Å². The number of hydrogen-bond acceptors (Lipinski definition) is 5. The Morgan fingerprint density at radius 1 is 1.17 bits per heavy atom. The number of amides is 1. The second-order valence-electron chi connectivity index (χ2n) is 7.23. The summed E-state index contributed by atoms with van der Waals surface area (Å²) >= 11 is 6.20. The summed E-state index contributed by atoms with van der Waals surface area (Å²) in [4.78, 5) is 29.5. The number of likely N-dealkylation sites (N-methyl/N-ethyl adjacent to an activating group) is 1. The van der Waals surface area contributed by atoms with Gasteiger partial charge in [-0.1, -0.05) is 11.6 Å². The van der Waals surface area contributed by atoms with Gasteiger partial charge in [0.1, 0.15) is 5.82 Å². The molecule has 0 unspecified atom stereocenters. The molecule has 1 heterocycles. The van der Waals surface area contributed by atoms with Gasteiger partial charge < -0.3 is 19.9 Å². The highest BCUT2D eigenvalue weighted by Crippen LogP contribution is 2.30. The van der Waals surface area contributed by atoms with Crippen molar-refractivity contribution in [2.75, 3.05) is 50.1 Å². The predicted octanol–water partition coefficient (Wildman–Crippen LogP) is 3.97. The fourth-order valence-electron chi connectivity index (χ4n) is 3.33. The zero-order chi connectivity index (χ0) is 21.8. The smallest absolute Gasteiger partial charge is 0.338 e. The van der Waals surface area contributed by atoms with Crippen LogP contribution in [0, 0.1) is 12.7 Å². The van der Waals surface area contributed by atoms with E-state index >= 15 is 0 Å². The highest BCUT2D eigenvalue weighted by Gasteiger charge is 2.22. The predicted molar refractivity (Wildman–Crippen MR) is 116 cm³/mol. The lowest BCUT2D eigenvalue weighted by Gasteiger charge is -2.35. The van der Waals surface area contributed by atoms with Crippen LogP contribution in [-0.2, 0) is 4.74 Å². The number of nitrogens with zero attached hydrogens (tertiary/aromatic N) is 2. The molecule has 8 heteroatoms. The first kappa shape index (κ1) is 22.1. The average Bonchev–Trinajstić information content (AvgIpc) is 2.73. The molecule has 1 aliphatic heterocycles. The largest absolute Gasteiger partial charge is 0.462 e. The van der Waals surface area contributed by atoms with E-state index in [1.54, 1.807) is 19.1 Å². The minimum absolute atomic E-state index is 0.0650. The van der Waals surface area contributed by atoms with E-state index in [9.17, 15) is 14.0 Å². The third-order valence-electron chi connectivity index (χ3n) is 5.16.